The summed E-state index contributed by atoms with van der Waals surface area (Å²) in [5.41, 5.74) is 6.17. The molecule has 6 nitrogen and oxygen atoms in total. The summed E-state index contributed by atoms with van der Waals surface area (Å²) in [7, 11) is 0. The van der Waals surface area contributed by atoms with Crippen molar-refractivity contribution < 1.29 is 19.1 Å². The highest BCUT2D eigenvalue weighted by Crippen LogP contribution is 2.31. The molecule has 0 bridgehead atoms. The number of halogens is 3. The molecule has 0 saturated carbocycles. The van der Waals surface area contributed by atoms with E-state index in [4.69, 9.17) is 5.73 Å². The molecule has 0 aromatic heterocycles. The lowest BCUT2D eigenvalue weighted by Gasteiger charge is -2.13. The molecular weight excluding hydrogens is 605 g/mol. The molecule has 1 aromatic carbocycles. The molecule has 20 heavy (non-hydrogen) atoms. The van der Waals surface area contributed by atoms with Crippen LogP contribution in [-0.4, -0.2) is 24.4 Å². The maximum Gasteiger partial charge on any atom is 0.303 e. The molecule has 0 spiro atoms. The SMILES string of the molecule is CC(=O)OCC(=O)Nc1c(I)cc(I)c(C(N)=O)c1I. The first-order valence-electron chi connectivity index (χ1n) is 5.14. The van der Waals surface area contributed by atoms with Gasteiger partial charge in [-0.2, -0.15) is 0 Å². The van der Waals surface area contributed by atoms with Crippen molar-refractivity contribution in [1.29, 1.82) is 0 Å². The van der Waals surface area contributed by atoms with Gasteiger partial charge in [0.15, 0.2) is 6.61 Å². The third-order valence-electron chi connectivity index (χ3n) is 2.09. The normalized spacial score (nSPS) is 10.0. The zero-order valence-electron chi connectivity index (χ0n) is 10.1. The average Bonchev–Trinajstić information content (AvgIpc) is 2.31. The van der Waals surface area contributed by atoms with E-state index in [-0.39, 0.29) is 6.61 Å². The van der Waals surface area contributed by atoms with Gasteiger partial charge in [-0.15, -0.1) is 0 Å². The molecule has 0 aliphatic rings. The van der Waals surface area contributed by atoms with Gasteiger partial charge >= 0.3 is 5.97 Å². The van der Waals surface area contributed by atoms with Gasteiger partial charge in [0.1, 0.15) is 0 Å². The fourth-order valence-corrected chi connectivity index (χ4v) is 5.45. The maximum absolute atomic E-state index is 11.7. The number of hydrogen-bond donors (Lipinski definition) is 2. The van der Waals surface area contributed by atoms with Crippen molar-refractivity contribution in [3.05, 3.63) is 22.3 Å². The minimum absolute atomic E-state index is 0.356. The minimum Gasteiger partial charge on any atom is -0.456 e. The van der Waals surface area contributed by atoms with Gasteiger partial charge in [0.25, 0.3) is 11.8 Å². The molecule has 2 amide bonds. The topological polar surface area (TPSA) is 98.5 Å². The Bertz CT molecular complexity index is 590. The summed E-state index contributed by atoms with van der Waals surface area (Å²) in [6.07, 6.45) is 0. The van der Waals surface area contributed by atoms with E-state index in [2.05, 4.69) is 10.1 Å². The summed E-state index contributed by atoms with van der Waals surface area (Å²) >= 11 is 6.00. The number of primary amides is 1. The lowest BCUT2D eigenvalue weighted by molar-refractivity contribution is -0.144. The van der Waals surface area contributed by atoms with Crippen LogP contribution < -0.4 is 11.1 Å². The molecule has 0 unspecified atom stereocenters. The summed E-state index contributed by atoms with van der Waals surface area (Å²) in [4.78, 5) is 33.8. The van der Waals surface area contributed by atoms with Gasteiger partial charge in [0.05, 0.1) is 14.8 Å². The molecule has 1 rings (SSSR count). The van der Waals surface area contributed by atoms with Gasteiger partial charge in [-0.05, 0) is 73.8 Å². The quantitative estimate of drug-likeness (QED) is 0.402. The van der Waals surface area contributed by atoms with Crippen molar-refractivity contribution in [2.75, 3.05) is 11.9 Å². The first-order chi connectivity index (χ1) is 9.23. The van der Waals surface area contributed by atoms with Gasteiger partial charge < -0.3 is 15.8 Å². The van der Waals surface area contributed by atoms with E-state index in [9.17, 15) is 14.4 Å². The van der Waals surface area contributed by atoms with E-state index in [0.717, 1.165) is 3.57 Å². The predicted octanol–water partition coefficient (Wildman–Crippen LogP) is 2.10. The average molecular weight is 614 g/mol. The Morgan fingerprint density at radius 2 is 1.85 bits per heavy atom. The molecule has 0 aliphatic heterocycles. The van der Waals surface area contributed by atoms with E-state index in [1.165, 1.54) is 6.92 Å². The number of nitrogens with one attached hydrogen (secondary N) is 1. The standard InChI is InChI=1S/C11H9I3N2O4/c1-4(17)20-3-7(18)16-10-6(13)2-5(12)8(9(10)14)11(15)19/h2H,3H2,1H3,(H2,15,19)(H,16,18). The second-order valence-electron chi connectivity index (χ2n) is 3.60. The van der Waals surface area contributed by atoms with Crippen LogP contribution in [-0.2, 0) is 14.3 Å². The Hall–Kier alpha value is -0.180. The number of esters is 1. The van der Waals surface area contributed by atoms with Crippen LogP contribution in [0.4, 0.5) is 5.69 Å². The van der Waals surface area contributed by atoms with Crippen molar-refractivity contribution in [3.8, 4) is 0 Å². The molecule has 108 valence electrons. The third-order valence-corrected chi connectivity index (χ3v) is 4.87. The number of benzene rings is 1. The van der Waals surface area contributed by atoms with Crippen LogP contribution in [0.3, 0.4) is 0 Å². The highest BCUT2D eigenvalue weighted by Gasteiger charge is 2.19. The molecule has 3 N–H and O–H groups in total. The van der Waals surface area contributed by atoms with E-state index >= 15 is 0 Å². The van der Waals surface area contributed by atoms with Gasteiger partial charge in [-0.25, -0.2) is 0 Å². The molecule has 0 saturated heterocycles. The zero-order chi connectivity index (χ0) is 15.4. The molecule has 0 heterocycles. The Morgan fingerprint density at radius 3 is 2.35 bits per heavy atom. The molecule has 0 radical (unpaired) electrons. The minimum atomic E-state index is -0.564. The molecule has 1 aromatic rings. The van der Waals surface area contributed by atoms with Crippen LogP contribution >= 0.6 is 67.8 Å². The number of carbonyl (C=O) groups excluding carboxylic acids is 3. The fourth-order valence-electron chi connectivity index (χ4n) is 1.27. The summed E-state index contributed by atoms with van der Waals surface area (Å²) in [5.74, 6) is -1.58. The molecule has 0 aliphatic carbocycles. The summed E-state index contributed by atoms with van der Waals surface area (Å²) in [6.45, 7) is 0.844. The fraction of sp³-hybridized carbons (Fsp3) is 0.182. The summed E-state index contributed by atoms with van der Waals surface area (Å²) in [5, 5.41) is 2.61. The van der Waals surface area contributed by atoms with E-state index in [1.54, 1.807) is 6.07 Å². The van der Waals surface area contributed by atoms with Gasteiger partial charge in [0, 0.05) is 14.1 Å². The monoisotopic (exact) mass is 614 g/mol. The Morgan fingerprint density at radius 1 is 1.25 bits per heavy atom. The number of hydrogen-bond acceptors (Lipinski definition) is 4. The second kappa shape index (κ2) is 7.72. The van der Waals surface area contributed by atoms with Crippen molar-refractivity contribution >= 4 is 91.2 Å². The number of rotatable bonds is 4. The van der Waals surface area contributed by atoms with Crippen molar-refractivity contribution in [3.63, 3.8) is 0 Å². The van der Waals surface area contributed by atoms with Crippen molar-refractivity contribution in [2.45, 2.75) is 6.92 Å². The number of anilines is 1. The number of ether oxygens (including phenoxy) is 1. The lowest BCUT2D eigenvalue weighted by atomic mass is 10.2. The smallest absolute Gasteiger partial charge is 0.303 e. The molecule has 0 fully saturated rings. The maximum atomic E-state index is 11.7. The largest absolute Gasteiger partial charge is 0.456 e. The van der Waals surface area contributed by atoms with E-state index in [1.807, 2.05) is 67.8 Å². The molecule has 9 heteroatoms. The predicted molar refractivity (Wildman–Crippen MR) is 98.4 cm³/mol. The Balaban J connectivity index is 3.07. The summed E-state index contributed by atoms with van der Waals surface area (Å²) in [6, 6.07) is 1.74. The lowest BCUT2D eigenvalue weighted by Crippen LogP contribution is -2.23. The molecule has 0 atom stereocenters. The van der Waals surface area contributed by atoms with Crippen LogP contribution in [0.25, 0.3) is 0 Å². The van der Waals surface area contributed by atoms with Gasteiger partial charge in [-0.3, -0.25) is 14.4 Å². The van der Waals surface area contributed by atoms with E-state index < -0.39 is 17.8 Å². The van der Waals surface area contributed by atoms with Crippen molar-refractivity contribution in [2.24, 2.45) is 5.73 Å². The van der Waals surface area contributed by atoms with Crippen molar-refractivity contribution in [1.82, 2.24) is 0 Å². The number of carbonyl (C=O) groups is 3. The van der Waals surface area contributed by atoms with Crippen LogP contribution in [0, 0.1) is 10.7 Å². The molecular formula is C11H9I3N2O4. The van der Waals surface area contributed by atoms with Gasteiger partial charge in [0.2, 0.25) is 0 Å². The Kier molecular flexibility index (Phi) is 6.90. The van der Waals surface area contributed by atoms with Crippen LogP contribution in [0.15, 0.2) is 6.07 Å². The van der Waals surface area contributed by atoms with Gasteiger partial charge in [-0.1, -0.05) is 0 Å². The number of nitrogens with two attached hydrogens (primary N) is 1. The Labute approximate surface area is 156 Å². The number of amides is 2. The second-order valence-corrected chi connectivity index (χ2v) is 7.00. The first-order valence-corrected chi connectivity index (χ1v) is 8.38. The first kappa shape index (κ1) is 17.9. The highest BCUT2D eigenvalue weighted by molar-refractivity contribution is 14.1. The van der Waals surface area contributed by atoms with Crippen LogP contribution in [0.5, 0.6) is 0 Å². The van der Waals surface area contributed by atoms with Crippen LogP contribution in [0.1, 0.15) is 17.3 Å². The zero-order valence-corrected chi connectivity index (χ0v) is 16.6. The summed E-state index contributed by atoms with van der Waals surface area (Å²) < 4.78 is 6.64. The van der Waals surface area contributed by atoms with Crippen LogP contribution in [0.2, 0.25) is 0 Å². The highest BCUT2D eigenvalue weighted by atomic mass is 127. The third kappa shape index (κ3) is 4.68. The van der Waals surface area contributed by atoms with E-state index in [0.29, 0.717) is 18.4 Å².